The number of nitrogens with two attached hydrogens (primary N) is 1. The van der Waals surface area contributed by atoms with Crippen LogP contribution in [0.15, 0.2) is 36.5 Å². The molecule has 0 aliphatic heterocycles. The number of hydrogen-bond donors (Lipinski definition) is 1. The Balaban J connectivity index is 2.25. The summed E-state index contributed by atoms with van der Waals surface area (Å²) in [7, 11) is 0. The summed E-state index contributed by atoms with van der Waals surface area (Å²) >= 11 is 0. The van der Waals surface area contributed by atoms with Crippen molar-refractivity contribution in [3.05, 3.63) is 53.3 Å². The van der Waals surface area contributed by atoms with Gasteiger partial charge in [-0.15, -0.1) is 0 Å². The van der Waals surface area contributed by atoms with Crippen LogP contribution in [0.5, 0.6) is 0 Å². The van der Waals surface area contributed by atoms with Gasteiger partial charge in [0.05, 0.1) is 11.7 Å². The third-order valence-corrected chi connectivity index (χ3v) is 3.64. The van der Waals surface area contributed by atoms with Crippen LogP contribution in [-0.4, -0.2) is 9.78 Å². The number of hydrogen-bond acceptors (Lipinski definition) is 2. The van der Waals surface area contributed by atoms with Crippen molar-refractivity contribution in [2.24, 2.45) is 5.73 Å². The molecule has 0 fully saturated rings. The largest absolute Gasteiger partial charge is 0.319 e. The number of nitrogens with zero attached hydrogens (tertiary/aromatic N) is 2. The van der Waals surface area contributed by atoms with Gasteiger partial charge in [-0.05, 0) is 29.0 Å². The molecule has 20 heavy (non-hydrogen) atoms. The van der Waals surface area contributed by atoms with E-state index < -0.39 is 0 Å². The predicted octanol–water partition coefficient (Wildman–Crippen LogP) is 3.64. The van der Waals surface area contributed by atoms with Crippen LogP contribution < -0.4 is 5.73 Å². The van der Waals surface area contributed by atoms with E-state index in [1.54, 1.807) is 0 Å². The van der Waals surface area contributed by atoms with Gasteiger partial charge in [-0.3, -0.25) is 4.68 Å². The summed E-state index contributed by atoms with van der Waals surface area (Å²) in [5.74, 6) is 0. The number of aromatic nitrogens is 2. The maximum Gasteiger partial charge on any atom is 0.0723 e. The lowest BCUT2D eigenvalue weighted by atomic mass is 9.86. The molecule has 0 amide bonds. The fourth-order valence-corrected chi connectivity index (χ4v) is 2.37. The zero-order chi connectivity index (χ0) is 14.8. The van der Waals surface area contributed by atoms with Gasteiger partial charge in [0, 0.05) is 12.7 Å². The molecule has 0 bridgehead atoms. The smallest absolute Gasteiger partial charge is 0.0723 e. The van der Waals surface area contributed by atoms with E-state index in [-0.39, 0.29) is 11.5 Å². The second kappa shape index (κ2) is 5.80. The molecule has 108 valence electrons. The first-order valence-corrected chi connectivity index (χ1v) is 7.31. The Kier molecular flexibility index (Phi) is 4.29. The Hall–Kier alpha value is -1.61. The predicted molar refractivity (Wildman–Crippen MR) is 83.7 cm³/mol. The molecule has 2 rings (SSSR count). The first-order chi connectivity index (χ1) is 9.43. The van der Waals surface area contributed by atoms with Gasteiger partial charge >= 0.3 is 0 Å². The SMILES string of the molecule is CCCn1nccc1C(N)c1ccc(C(C)(C)C)cc1. The van der Waals surface area contributed by atoms with Gasteiger partial charge in [-0.25, -0.2) is 0 Å². The summed E-state index contributed by atoms with van der Waals surface area (Å²) in [6.45, 7) is 9.72. The van der Waals surface area contributed by atoms with E-state index >= 15 is 0 Å². The lowest BCUT2D eigenvalue weighted by Gasteiger charge is -2.20. The average Bonchev–Trinajstić information content (AvgIpc) is 2.86. The van der Waals surface area contributed by atoms with Crippen molar-refractivity contribution in [3.63, 3.8) is 0 Å². The van der Waals surface area contributed by atoms with Gasteiger partial charge in [0.2, 0.25) is 0 Å². The Morgan fingerprint density at radius 3 is 2.35 bits per heavy atom. The Labute approximate surface area is 121 Å². The number of benzene rings is 1. The van der Waals surface area contributed by atoms with E-state index in [0.717, 1.165) is 24.2 Å². The summed E-state index contributed by atoms with van der Waals surface area (Å²) in [5, 5.41) is 4.35. The summed E-state index contributed by atoms with van der Waals surface area (Å²) in [6, 6.07) is 10.5. The van der Waals surface area contributed by atoms with Gasteiger partial charge in [0.25, 0.3) is 0 Å². The van der Waals surface area contributed by atoms with Crippen molar-refractivity contribution in [1.82, 2.24) is 9.78 Å². The molecular formula is C17H25N3. The molecule has 1 heterocycles. The lowest BCUT2D eigenvalue weighted by molar-refractivity contribution is 0.559. The van der Waals surface area contributed by atoms with Gasteiger partial charge < -0.3 is 5.73 Å². The first kappa shape index (κ1) is 14.8. The highest BCUT2D eigenvalue weighted by molar-refractivity contribution is 5.32. The molecule has 0 aliphatic rings. The maximum atomic E-state index is 6.39. The molecule has 0 saturated carbocycles. The van der Waals surface area contributed by atoms with Crippen molar-refractivity contribution in [2.45, 2.75) is 52.1 Å². The zero-order valence-corrected chi connectivity index (χ0v) is 12.9. The second-order valence-electron chi connectivity index (χ2n) is 6.33. The summed E-state index contributed by atoms with van der Waals surface area (Å²) in [4.78, 5) is 0. The molecule has 2 N–H and O–H groups in total. The molecule has 0 aliphatic carbocycles. The standard InChI is InChI=1S/C17H25N3/c1-5-12-20-15(10-11-19-20)16(18)13-6-8-14(9-7-13)17(2,3)4/h6-11,16H,5,12,18H2,1-4H3. The molecule has 1 unspecified atom stereocenters. The van der Waals surface area contributed by atoms with E-state index in [9.17, 15) is 0 Å². The highest BCUT2D eigenvalue weighted by Crippen LogP contribution is 2.25. The van der Waals surface area contributed by atoms with Crippen molar-refractivity contribution >= 4 is 0 Å². The second-order valence-corrected chi connectivity index (χ2v) is 6.33. The Morgan fingerprint density at radius 2 is 1.80 bits per heavy atom. The lowest BCUT2D eigenvalue weighted by Crippen LogP contribution is -2.18. The molecule has 2 aromatic rings. The minimum absolute atomic E-state index is 0.113. The van der Waals surface area contributed by atoms with Crippen molar-refractivity contribution in [3.8, 4) is 0 Å². The van der Waals surface area contributed by atoms with Crippen LogP contribution in [0.2, 0.25) is 0 Å². The van der Waals surface area contributed by atoms with Crippen LogP contribution in [-0.2, 0) is 12.0 Å². The van der Waals surface area contributed by atoms with E-state index in [1.165, 1.54) is 5.56 Å². The van der Waals surface area contributed by atoms with E-state index in [2.05, 4.69) is 57.1 Å². The van der Waals surface area contributed by atoms with Crippen LogP contribution in [0, 0.1) is 0 Å². The molecule has 0 radical (unpaired) electrons. The molecule has 1 atom stereocenters. The molecule has 1 aromatic carbocycles. The highest BCUT2D eigenvalue weighted by Gasteiger charge is 2.16. The van der Waals surface area contributed by atoms with E-state index in [0.29, 0.717) is 0 Å². The first-order valence-electron chi connectivity index (χ1n) is 7.31. The molecule has 0 saturated heterocycles. The average molecular weight is 271 g/mol. The summed E-state index contributed by atoms with van der Waals surface area (Å²) in [5.41, 5.74) is 10.1. The van der Waals surface area contributed by atoms with Crippen molar-refractivity contribution < 1.29 is 0 Å². The third kappa shape index (κ3) is 3.10. The van der Waals surface area contributed by atoms with Crippen molar-refractivity contribution in [2.75, 3.05) is 0 Å². The Morgan fingerprint density at radius 1 is 1.15 bits per heavy atom. The minimum atomic E-state index is -0.113. The maximum absolute atomic E-state index is 6.39. The fourth-order valence-electron chi connectivity index (χ4n) is 2.37. The van der Waals surface area contributed by atoms with Crippen LogP contribution in [0.25, 0.3) is 0 Å². The molecule has 1 aromatic heterocycles. The van der Waals surface area contributed by atoms with Gasteiger partial charge in [-0.2, -0.15) is 5.10 Å². The molecular weight excluding hydrogens is 246 g/mol. The molecule has 3 nitrogen and oxygen atoms in total. The van der Waals surface area contributed by atoms with E-state index in [1.807, 2.05) is 16.9 Å². The third-order valence-electron chi connectivity index (χ3n) is 3.64. The normalized spacial score (nSPS) is 13.4. The molecule has 3 heteroatoms. The summed E-state index contributed by atoms with van der Waals surface area (Å²) in [6.07, 6.45) is 2.89. The Bertz CT molecular complexity index is 546. The van der Waals surface area contributed by atoms with Crippen LogP contribution >= 0.6 is 0 Å². The zero-order valence-electron chi connectivity index (χ0n) is 12.9. The van der Waals surface area contributed by atoms with Gasteiger partial charge in [0.1, 0.15) is 0 Å². The van der Waals surface area contributed by atoms with Gasteiger partial charge in [-0.1, -0.05) is 52.0 Å². The molecule has 0 spiro atoms. The van der Waals surface area contributed by atoms with E-state index in [4.69, 9.17) is 5.73 Å². The van der Waals surface area contributed by atoms with Crippen molar-refractivity contribution in [1.29, 1.82) is 0 Å². The minimum Gasteiger partial charge on any atom is -0.319 e. The van der Waals surface area contributed by atoms with Crippen LogP contribution in [0.4, 0.5) is 0 Å². The van der Waals surface area contributed by atoms with Gasteiger partial charge in [0.15, 0.2) is 0 Å². The number of rotatable bonds is 4. The quantitative estimate of drug-likeness (QED) is 0.922. The highest BCUT2D eigenvalue weighted by atomic mass is 15.3. The fraction of sp³-hybridized carbons (Fsp3) is 0.471. The van der Waals surface area contributed by atoms with Crippen LogP contribution in [0.3, 0.4) is 0 Å². The summed E-state index contributed by atoms with van der Waals surface area (Å²) < 4.78 is 2.00. The monoisotopic (exact) mass is 271 g/mol. The number of aryl methyl sites for hydroxylation is 1. The van der Waals surface area contributed by atoms with Crippen LogP contribution in [0.1, 0.15) is 57.0 Å². The topological polar surface area (TPSA) is 43.8 Å².